The number of aryl methyl sites for hydroxylation is 1. The van der Waals surface area contributed by atoms with Gasteiger partial charge < -0.3 is 25.6 Å². The maximum Gasteiger partial charge on any atom is 0.166 e. The molecule has 2 saturated carbocycles. The number of nitrogens with two attached hydrogens (primary N) is 1. The van der Waals surface area contributed by atoms with E-state index in [4.69, 9.17) is 5.73 Å². The van der Waals surface area contributed by atoms with Crippen molar-refractivity contribution >= 4 is 17.0 Å². The van der Waals surface area contributed by atoms with E-state index in [0.29, 0.717) is 29.2 Å². The fourth-order valence-corrected chi connectivity index (χ4v) is 3.82. The molecule has 0 aromatic carbocycles. The first-order valence-corrected chi connectivity index (χ1v) is 6.93. The maximum absolute atomic E-state index is 10.3. The van der Waals surface area contributed by atoms with Gasteiger partial charge in [0.2, 0.25) is 0 Å². The first-order chi connectivity index (χ1) is 9.99. The van der Waals surface area contributed by atoms with Gasteiger partial charge in [-0.3, -0.25) is 0 Å². The largest absolute Gasteiger partial charge is 0.396 e. The Kier molecular flexibility index (Phi) is 2.40. The summed E-state index contributed by atoms with van der Waals surface area (Å²) < 4.78 is 1.75. The number of imidazole rings is 1. The van der Waals surface area contributed by atoms with Gasteiger partial charge in [-0.25, -0.2) is 15.0 Å². The molecule has 4 rings (SSSR count). The molecule has 5 atom stereocenters. The fraction of sp³-hybridized carbons (Fsp3) is 0.615. The molecule has 0 radical (unpaired) electrons. The fourth-order valence-electron chi connectivity index (χ4n) is 3.82. The lowest BCUT2D eigenvalue weighted by Gasteiger charge is -2.23. The number of nitrogens with zero attached hydrogens (tertiary/aromatic N) is 4. The number of anilines is 1. The number of nitrogen functional groups attached to an aromatic ring is 1. The highest BCUT2D eigenvalue weighted by Gasteiger charge is 2.71. The average molecular weight is 291 g/mol. The summed E-state index contributed by atoms with van der Waals surface area (Å²) in [5.41, 5.74) is 6.30. The van der Waals surface area contributed by atoms with Crippen LogP contribution >= 0.6 is 0 Å². The molecule has 0 unspecified atom stereocenters. The molecule has 2 heterocycles. The average Bonchev–Trinajstić information content (AvgIpc) is 2.97. The molecule has 0 spiro atoms. The Labute approximate surface area is 120 Å². The van der Waals surface area contributed by atoms with E-state index in [9.17, 15) is 15.3 Å². The molecule has 2 fully saturated rings. The third kappa shape index (κ3) is 1.47. The number of rotatable bonds is 2. The number of aromatic nitrogens is 4. The summed E-state index contributed by atoms with van der Waals surface area (Å²) in [4.78, 5) is 12.7. The quantitative estimate of drug-likeness (QED) is 0.557. The molecule has 8 nitrogen and oxygen atoms in total. The molecule has 0 aliphatic heterocycles. The molecular weight excluding hydrogens is 274 g/mol. The SMILES string of the molecule is Cc1nc(N)c2ncn([C@H]3[C@H](O)[C@H](O)[C@]4(CO)C[C@H]34)c2n1. The standard InChI is InChI=1S/C13H17N5O3/c1-5-16-11(14)7-12(17-5)18(4-15-7)8-6-2-13(6,3-19)10(21)9(8)20/h4,6,8-10,19-21H,2-3H2,1H3,(H2,14,16,17)/t6-,8-,9+,10+,13+/m1/s1. The lowest BCUT2D eigenvalue weighted by atomic mass is 10.0. The second kappa shape index (κ2) is 3.90. The molecule has 5 N–H and O–H groups in total. The van der Waals surface area contributed by atoms with Gasteiger partial charge in [0.15, 0.2) is 11.5 Å². The van der Waals surface area contributed by atoms with E-state index in [1.807, 2.05) is 0 Å². The molecule has 2 aromatic rings. The van der Waals surface area contributed by atoms with Crippen LogP contribution in [0.3, 0.4) is 0 Å². The molecule has 8 heteroatoms. The lowest BCUT2D eigenvalue weighted by Crippen LogP contribution is -2.35. The van der Waals surface area contributed by atoms with Crippen LogP contribution in [-0.4, -0.2) is 53.7 Å². The number of fused-ring (bicyclic) bond motifs is 2. The van der Waals surface area contributed by atoms with Crippen molar-refractivity contribution in [1.82, 2.24) is 19.5 Å². The minimum atomic E-state index is -0.954. The van der Waals surface area contributed by atoms with E-state index in [1.165, 1.54) is 0 Å². The predicted octanol–water partition coefficient (Wildman–Crippen LogP) is -1.01. The molecule has 0 amide bonds. The van der Waals surface area contributed by atoms with Gasteiger partial charge in [0, 0.05) is 5.41 Å². The van der Waals surface area contributed by atoms with Crippen molar-refractivity contribution < 1.29 is 15.3 Å². The summed E-state index contributed by atoms with van der Waals surface area (Å²) in [6.45, 7) is 1.61. The zero-order valence-corrected chi connectivity index (χ0v) is 11.5. The van der Waals surface area contributed by atoms with Gasteiger partial charge in [-0.1, -0.05) is 0 Å². The summed E-state index contributed by atoms with van der Waals surface area (Å²) >= 11 is 0. The lowest BCUT2D eigenvalue weighted by molar-refractivity contribution is -0.0300. The monoisotopic (exact) mass is 291 g/mol. The van der Waals surface area contributed by atoms with Crippen LogP contribution < -0.4 is 5.73 Å². The summed E-state index contributed by atoms with van der Waals surface area (Å²) in [6, 6.07) is -0.356. The summed E-state index contributed by atoms with van der Waals surface area (Å²) in [6.07, 6.45) is 0.368. The van der Waals surface area contributed by atoms with E-state index in [0.717, 1.165) is 0 Å². The van der Waals surface area contributed by atoms with Crippen molar-refractivity contribution in [1.29, 1.82) is 0 Å². The summed E-state index contributed by atoms with van der Waals surface area (Å²) in [5.74, 6) is 0.842. The second-order valence-corrected chi connectivity index (χ2v) is 6.11. The van der Waals surface area contributed by atoms with Crippen molar-refractivity contribution in [3.05, 3.63) is 12.2 Å². The Hall–Kier alpha value is -1.77. The minimum Gasteiger partial charge on any atom is -0.396 e. The van der Waals surface area contributed by atoms with Crippen molar-refractivity contribution in [3.8, 4) is 0 Å². The smallest absolute Gasteiger partial charge is 0.166 e. The molecule has 0 saturated heterocycles. The first-order valence-electron chi connectivity index (χ1n) is 6.93. The number of aliphatic hydroxyl groups is 3. The van der Waals surface area contributed by atoms with Gasteiger partial charge in [-0.05, 0) is 19.3 Å². The molecular formula is C13H17N5O3. The van der Waals surface area contributed by atoms with Crippen LogP contribution in [0.5, 0.6) is 0 Å². The Morgan fingerprint density at radius 2 is 2.19 bits per heavy atom. The van der Waals surface area contributed by atoms with Crippen molar-refractivity contribution in [2.75, 3.05) is 12.3 Å². The molecule has 2 aliphatic carbocycles. The molecule has 112 valence electrons. The van der Waals surface area contributed by atoms with Gasteiger partial charge in [0.25, 0.3) is 0 Å². The van der Waals surface area contributed by atoms with Gasteiger partial charge in [-0.2, -0.15) is 0 Å². The van der Waals surface area contributed by atoms with Crippen molar-refractivity contribution in [2.45, 2.75) is 31.6 Å². The molecule has 2 aromatic heterocycles. The van der Waals surface area contributed by atoms with Crippen LogP contribution in [0.25, 0.3) is 11.2 Å². The van der Waals surface area contributed by atoms with Crippen LogP contribution in [0.1, 0.15) is 18.3 Å². The Balaban J connectivity index is 1.85. The molecule has 0 bridgehead atoms. The van der Waals surface area contributed by atoms with Crippen LogP contribution in [0.15, 0.2) is 6.33 Å². The summed E-state index contributed by atoms with van der Waals surface area (Å²) in [5, 5.41) is 30.1. The van der Waals surface area contributed by atoms with Crippen molar-refractivity contribution in [3.63, 3.8) is 0 Å². The summed E-state index contributed by atoms with van der Waals surface area (Å²) in [7, 11) is 0. The van der Waals surface area contributed by atoms with E-state index in [2.05, 4.69) is 15.0 Å². The van der Waals surface area contributed by atoms with Crippen LogP contribution in [0.4, 0.5) is 5.82 Å². The van der Waals surface area contributed by atoms with Crippen molar-refractivity contribution in [2.24, 2.45) is 11.3 Å². The van der Waals surface area contributed by atoms with Crippen LogP contribution in [0, 0.1) is 18.3 Å². The Morgan fingerprint density at radius 3 is 2.86 bits per heavy atom. The predicted molar refractivity (Wildman–Crippen MR) is 73.1 cm³/mol. The Bertz CT molecular complexity index is 732. The van der Waals surface area contributed by atoms with Crippen LogP contribution in [-0.2, 0) is 0 Å². The number of hydrogen-bond acceptors (Lipinski definition) is 7. The van der Waals surface area contributed by atoms with E-state index in [1.54, 1.807) is 17.8 Å². The van der Waals surface area contributed by atoms with Gasteiger partial charge >= 0.3 is 0 Å². The van der Waals surface area contributed by atoms with E-state index < -0.39 is 17.6 Å². The zero-order valence-electron chi connectivity index (χ0n) is 11.5. The Morgan fingerprint density at radius 1 is 1.43 bits per heavy atom. The zero-order chi connectivity index (χ0) is 14.9. The highest BCUT2D eigenvalue weighted by atomic mass is 16.3. The topological polar surface area (TPSA) is 130 Å². The molecule has 21 heavy (non-hydrogen) atoms. The van der Waals surface area contributed by atoms with E-state index in [-0.39, 0.29) is 18.6 Å². The van der Waals surface area contributed by atoms with E-state index >= 15 is 0 Å². The number of aliphatic hydroxyl groups excluding tert-OH is 3. The first kappa shape index (κ1) is 12.9. The third-order valence-electron chi connectivity index (χ3n) is 5.03. The second-order valence-electron chi connectivity index (χ2n) is 6.11. The molecule has 2 aliphatic rings. The minimum absolute atomic E-state index is 0.0152. The third-order valence-corrected chi connectivity index (χ3v) is 5.03. The van der Waals surface area contributed by atoms with Crippen LogP contribution in [0.2, 0.25) is 0 Å². The highest BCUT2D eigenvalue weighted by Crippen LogP contribution is 2.67. The highest BCUT2D eigenvalue weighted by molar-refractivity contribution is 5.81. The number of hydrogen-bond donors (Lipinski definition) is 4. The normalized spacial score (nSPS) is 37.9. The van der Waals surface area contributed by atoms with Gasteiger partial charge in [0.05, 0.1) is 25.1 Å². The van der Waals surface area contributed by atoms with Gasteiger partial charge in [-0.15, -0.1) is 0 Å². The maximum atomic E-state index is 10.3. The van der Waals surface area contributed by atoms with Gasteiger partial charge in [0.1, 0.15) is 17.4 Å².